The third-order valence-corrected chi connectivity index (χ3v) is 4.11. The van der Waals surface area contributed by atoms with Gasteiger partial charge in [-0.15, -0.1) is 0 Å². The average molecular weight is 331 g/mol. The van der Waals surface area contributed by atoms with Crippen LogP contribution in [0, 0.1) is 0 Å². The average Bonchev–Trinajstić information content (AvgIpc) is 2.57. The normalized spacial score (nSPS) is 13.7. The lowest BCUT2D eigenvalue weighted by molar-refractivity contribution is 0.222. The van der Waals surface area contributed by atoms with Crippen LogP contribution in [0.15, 0.2) is 59.7 Å². The van der Waals surface area contributed by atoms with Gasteiger partial charge in [-0.05, 0) is 36.2 Å². The zero-order valence-electron chi connectivity index (χ0n) is 13.5. The summed E-state index contributed by atoms with van der Waals surface area (Å²) in [7, 11) is 1.94. The highest BCUT2D eigenvalue weighted by molar-refractivity contribution is 6.30. The van der Waals surface area contributed by atoms with Gasteiger partial charge >= 0.3 is 0 Å². The minimum atomic E-state index is 0.0633. The van der Waals surface area contributed by atoms with Crippen molar-refractivity contribution in [2.75, 3.05) is 12.4 Å². The number of likely N-dealkylation sites (N-methyl/N-ethyl adjacent to an activating group) is 1. The minimum Gasteiger partial charge on any atom is -0.388 e. The molecule has 0 saturated heterocycles. The van der Waals surface area contributed by atoms with Crippen molar-refractivity contribution in [2.24, 2.45) is 10.8 Å². The molecular weight excluding hydrogens is 308 g/mol. The molecule has 0 aliphatic rings. The summed E-state index contributed by atoms with van der Waals surface area (Å²) in [6.07, 6.45) is 2.24. The number of para-hydroxylation sites is 1. The van der Waals surface area contributed by atoms with E-state index >= 15 is 0 Å². The molecule has 0 amide bonds. The lowest BCUT2D eigenvalue weighted by atomic mass is 9.96. The summed E-state index contributed by atoms with van der Waals surface area (Å²) in [6, 6.07) is 18.3. The van der Waals surface area contributed by atoms with Crippen molar-refractivity contribution >= 4 is 23.6 Å². The highest BCUT2D eigenvalue weighted by Gasteiger charge is 2.25. The van der Waals surface area contributed by atoms with E-state index in [-0.39, 0.29) is 12.1 Å². The minimum absolute atomic E-state index is 0.0633. The summed E-state index contributed by atoms with van der Waals surface area (Å²) in [5.74, 6) is 0. The van der Waals surface area contributed by atoms with Crippen LogP contribution in [0.5, 0.6) is 0 Å². The standard InChI is InChI=1S/C18H23ClN4/c1-3-17(23(2)21-13-20)18(14-9-11-15(19)12-10-14)22-16-7-5-4-6-8-16/h4-13,17-18,22H,3H2,1-2H3,(H2,20,21). The van der Waals surface area contributed by atoms with Crippen LogP contribution in [0.25, 0.3) is 0 Å². The van der Waals surface area contributed by atoms with Gasteiger partial charge in [0.15, 0.2) is 0 Å². The number of hydrazone groups is 1. The van der Waals surface area contributed by atoms with Crippen LogP contribution < -0.4 is 11.1 Å². The third-order valence-electron chi connectivity index (χ3n) is 3.86. The molecule has 5 heteroatoms. The topological polar surface area (TPSA) is 53.6 Å². The van der Waals surface area contributed by atoms with Gasteiger partial charge in [-0.2, -0.15) is 5.10 Å². The second-order valence-electron chi connectivity index (χ2n) is 5.35. The molecule has 2 unspecified atom stereocenters. The fourth-order valence-electron chi connectivity index (χ4n) is 2.69. The predicted octanol–water partition coefficient (Wildman–Crippen LogP) is 4.11. The predicted molar refractivity (Wildman–Crippen MR) is 98.8 cm³/mol. The van der Waals surface area contributed by atoms with E-state index in [2.05, 4.69) is 29.5 Å². The molecule has 0 aromatic heterocycles. The fourth-order valence-corrected chi connectivity index (χ4v) is 2.82. The summed E-state index contributed by atoms with van der Waals surface area (Å²) in [4.78, 5) is 0. The molecule has 0 radical (unpaired) electrons. The Morgan fingerprint density at radius 3 is 2.39 bits per heavy atom. The second-order valence-corrected chi connectivity index (χ2v) is 5.79. The molecule has 4 nitrogen and oxygen atoms in total. The molecule has 2 atom stereocenters. The molecule has 0 saturated carbocycles. The number of benzene rings is 2. The molecule has 122 valence electrons. The maximum Gasteiger partial charge on any atom is 0.106 e. The molecule has 3 N–H and O–H groups in total. The van der Waals surface area contributed by atoms with Gasteiger partial charge in [0.2, 0.25) is 0 Å². The number of hydrogen-bond donors (Lipinski definition) is 2. The van der Waals surface area contributed by atoms with E-state index in [1.165, 1.54) is 6.34 Å². The van der Waals surface area contributed by atoms with Crippen molar-refractivity contribution < 1.29 is 0 Å². The van der Waals surface area contributed by atoms with Crippen molar-refractivity contribution in [1.82, 2.24) is 5.01 Å². The van der Waals surface area contributed by atoms with Gasteiger partial charge in [0.05, 0.1) is 12.1 Å². The SMILES string of the molecule is CCC(C(Nc1ccccc1)c1ccc(Cl)cc1)N(C)/N=C\N. The van der Waals surface area contributed by atoms with E-state index in [4.69, 9.17) is 17.3 Å². The summed E-state index contributed by atoms with van der Waals surface area (Å²) in [5, 5.41) is 10.5. The summed E-state index contributed by atoms with van der Waals surface area (Å²) in [5.41, 5.74) is 7.68. The maximum absolute atomic E-state index is 6.03. The Morgan fingerprint density at radius 1 is 1.17 bits per heavy atom. The molecule has 0 spiro atoms. The quantitative estimate of drug-likeness (QED) is 0.456. The summed E-state index contributed by atoms with van der Waals surface area (Å²) >= 11 is 6.03. The van der Waals surface area contributed by atoms with Crippen LogP contribution in [0.1, 0.15) is 24.9 Å². The van der Waals surface area contributed by atoms with Gasteiger partial charge in [0.25, 0.3) is 0 Å². The Bertz CT molecular complexity index is 613. The second kappa shape index (κ2) is 8.44. The zero-order valence-corrected chi connectivity index (χ0v) is 14.2. The number of hydrogen-bond acceptors (Lipinski definition) is 3. The molecule has 23 heavy (non-hydrogen) atoms. The van der Waals surface area contributed by atoms with Gasteiger partial charge in [-0.3, -0.25) is 5.01 Å². The lowest BCUT2D eigenvalue weighted by Gasteiger charge is -2.33. The lowest BCUT2D eigenvalue weighted by Crippen LogP contribution is -2.37. The van der Waals surface area contributed by atoms with Gasteiger partial charge in [-0.1, -0.05) is 48.9 Å². The van der Waals surface area contributed by atoms with Crippen molar-refractivity contribution in [3.8, 4) is 0 Å². The fraction of sp³-hybridized carbons (Fsp3) is 0.278. The Balaban J connectivity index is 2.35. The van der Waals surface area contributed by atoms with Gasteiger partial charge in [0.1, 0.15) is 6.34 Å². The van der Waals surface area contributed by atoms with Crippen LogP contribution in [-0.4, -0.2) is 24.4 Å². The van der Waals surface area contributed by atoms with Crippen molar-refractivity contribution in [3.63, 3.8) is 0 Å². The molecule has 0 aliphatic carbocycles. The molecule has 0 fully saturated rings. The number of nitrogens with two attached hydrogens (primary N) is 1. The molecule has 0 bridgehead atoms. The monoisotopic (exact) mass is 330 g/mol. The molecular formula is C18H23ClN4. The number of halogens is 1. The molecule has 2 rings (SSSR count). The smallest absolute Gasteiger partial charge is 0.106 e. The number of anilines is 1. The van der Waals surface area contributed by atoms with Gasteiger partial charge < -0.3 is 11.1 Å². The van der Waals surface area contributed by atoms with Crippen LogP contribution in [0.2, 0.25) is 5.02 Å². The van der Waals surface area contributed by atoms with E-state index in [1.54, 1.807) is 0 Å². The Morgan fingerprint density at radius 2 is 1.83 bits per heavy atom. The molecule has 2 aromatic carbocycles. The van der Waals surface area contributed by atoms with E-state index < -0.39 is 0 Å². The van der Waals surface area contributed by atoms with Gasteiger partial charge in [0, 0.05) is 17.8 Å². The first kappa shape index (κ1) is 17.2. The molecule has 0 aliphatic heterocycles. The van der Waals surface area contributed by atoms with E-state index in [0.717, 1.165) is 22.7 Å². The highest BCUT2D eigenvalue weighted by Crippen LogP contribution is 2.28. The number of nitrogens with zero attached hydrogens (tertiary/aromatic N) is 2. The van der Waals surface area contributed by atoms with Crippen molar-refractivity contribution in [2.45, 2.75) is 25.4 Å². The zero-order chi connectivity index (χ0) is 16.7. The Kier molecular flexibility index (Phi) is 6.29. The van der Waals surface area contributed by atoms with Crippen LogP contribution in [-0.2, 0) is 0 Å². The van der Waals surface area contributed by atoms with E-state index in [0.29, 0.717) is 0 Å². The van der Waals surface area contributed by atoms with Crippen molar-refractivity contribution in [1.29, 1.82) is 0 Å². The Labute approximate surface area is 142 Å². The Hall–Kier alpha value is -2.20. The van der Waals surface area contributed by atoms with E-state index in [1.807, 2.05) is 54.5 Å². The highest BCUT2D eigenvalue weighted by atomic mass is 35.5. The maximum atomic E-state index is 6.03. The number of nitrogens with one attached hydrogen (secondary N) is 1. The summed E-state index contributed by atoms with van der Waals surface area (Å²) in [6.45, 7) is 2.14. The van der Waals surface area contributed by atoms with Crippen LogP contribution in [0.3, 0.4) is 0 Å². The largest absolute Gasteiger partial charge is 0.388 e. The molecule has 2 aromatic rings. The van der Waals surface area contributed by atoms with Gasteiger partial charge in [-0.25, -0.2) is 0 Å². The first-order valence-corrected chi connectivity index (χ1v) is 8.07. The van der Waals surface area contributed by atoms with E-state index in [9.17, 15) is 0 Å². The first-order chi connectivity index (χ1) is 11.2. The van der Waals surface area contributed by atoms with Crippen LogP contribution >= 0.6 is 11.6 Å². The third kappa shape index (κ3) is 4.63. The summed E-state index contributed by atoms with van der Waals surface area (Å²) < 4.78 is 0. The van der Waals surface area contributed by atoms with Crippen molar-refractivity contribution in [3.05, 3.63) is 65.2 Å². The number of rotatable bonds is 7. The van der Waals surface area contributed by atoms with Crippen LogP contribution in [0.4, 0.5) is 5.69 Å². The first-order valence-electron chi connectivity index (χ1n) is 7.69. The molecule has 0 heterocycles.